The number of rotatable bonds is 2. The van der Waals surface area contributed by atoms with Gasteiger partial charge in [0, 0.05) is 41.8 Å². The number of benzene rings is 1. The van der Waals surface area contributed by atoms with Crippen molar-refractivity contribution in [2.75, 3.05) is 13.1 Å². The van der Waals surface area contributed by atoms with E-state index in [0.29, 0.717) is 5.92 Å². The van der Waals surface area contributed by atoms with E-state index < -0.39 is 0 Å². The Bertz CT molecular complexity index is 617. The van der Waals surface area contributed by atoms with Crippen LogP contribution in [0.25, 0.3) is 10.9 Å². The molecule has 0 aliphatic carbocycles. The molecule has 4 nitrogen and oxygen atoms in total. The van der Waals surface area contributed by atoms with Crippen LogP contribution < -0.4 is 5.73 Å². The van der Waals surface area contributed by atoms with Gasteiger partial charge in [-0.25, -0.2) is 0 Å². The van der Waals surface area contributed by atoms with Gasteiger partial charge < -0.3 is 15.6 Å². The first kappa shape index (κ1) is 13.2. The number of piperidine rings is 1. The molecule has 2 aromatic rings. The number of carbonyl (C=O) groups excluding carboxylic acids is 1. The highest BCUT2D eigenvalue weighted by Crippen LogP contribution is 2.22. The molecule has 1 fully saturated rings. The Morgan fingerprint density at radius 3 is 3.10 bits per heavy atom. The molecule has 2 heterocycles. The normalized spacial score (nSPS) is 21.1. The van der Waals surface area contributed by atoms with E-state index in [2.05, 4.69) is 4.98 Å². The molecular weight excluding hydrogens is 250 g/mol. The van der Waals surface area contributed by atoms with Crippen molar-refractivity contribution >= 4 is 16.8 Å². The van der Waals surface area contributed by atoms with Gasteiger partial charge in [-0.2, -0.15) is 0 Å². The summed E-state index contributed by atoms with van der Waals surface area (Å²) in [5.74, 6) is 0.544. The van der Waals surface area contributed by atoms with E-state index in [-0.39, 0.29) is 11.9 Å². The number of carbonyl (C=O) groups is 1. The minimum atomic E-state index is 0.124. The van der Waals surface area contributed by atoms with Crippen LogP contribution in [0.15, 0.2) is 30.5 Å². The van der Waals surface area contributed by atoms with Crippen molar-refractivity contribution in [3.05, 3.63) is 36.0 Å². The van der Waals surface area contributed by atoms with Crippen LogP contribution in [-0.2, 0) is 0 Å². The molecule has 0 bridgehead atoms. The number of aromatic amines is 1. The van der Waals surface area contributed by atoms with E-state index in [1.54, 1.807) is 0 Å². The molecule has 1 saturated heterocycles. The molecular formula is C16H21N3O. The highest BCUT2D eigenvalue weighted by Gasteiger charge is 2.26. The van der Waals surface area contributed by atoms with E-state index in [1.165, 1.54) is 0 Å². The van der Waals surface area contributed by atoms with Crippen LogP contribution in [0.2, 0.25) is 0 Å². The quantitative estimate of drug-likeness (QED) is 0.881. The third-order valence-electron chi connectivity index (χ3n) is 4.29. The summed E-state index contributed by atoms with van der Waals surface area (Å²) in [6.07, 6.45) is 4.06. The van der Waals surface area contributed by atoms with Crippen molar-refractivity contribution in [3.63, 3.8) is 0 Å². The molecule has 2 atom stereocenters. The lowest BCUT2D eigenvalue weighted by Crippen LogP contribution is -2.45. The lowest BCUT2D eigenvalue weighted by molar-refractivity contribution is 0.0661. The highest BCUT2D eigenvalue weighted by molar-refractivity contribution is 5.98. The molecule has 0 saturated carbocycles. The van der Waals surface area contributed by atoms with Crippen molar-refractivity contribution in [2.45, 2.75) is 25.8 Å². The SMILES string of the molecule is CC(N)C1CCCN(C(=O)c2ccc3[nH]ccc3c2)C1. The fourth-order valence-corrected chi connectivity index (χ4v) is 2.99. The van der Waals surface area contributed by atoms with Gasteiger partial charge in [0.1, 0.15) is 0 Å². The number of amides is 1. The van der Waals surface area contributed by atoms with Crippen molar-refractivity contribution in [2.24, 2.45) is 11.7 Å². The predicted octanol–water partition coefficient (Wildman–Crippen LogP) is 2.37. The molecule has 3 rings (SSSR count). The molecule has 3 N–H and O–H groups in total. The van der Waals surface area contributed by atoms with E-state index in [1.807, 2.05) is 42.3 Å². The van der Waals surface area contributed by atoms with Crippen LogP contribution in [-0.4, -0.2) is 34.9 Å². The second-order valence-electron chi connectivity index (χ2n) is 5.79. The Kier molecular flexibility index (Phi) is 3.49. The first-order valence-corrected chi connectivity index (χ1v) is 7.27. The van der Waals surface area contributed by atoms with Crippen LogP contribution in [0.5, 0.6) is 0 Å². The fraction of sp³-hybridized carbons (Fsp3) is 0.438. The topological polar surface area (TPSA) is 62.1 Å². The summed E-state index contributed by atoms with van der Waals surface area (Å²) in [6.45, 7) is 3.65. The molecule has 20 heavy (non-hydrogen) atoms. The third kappa shape index (κ3) is 2.43. The van der Waals surface area contributed by atoms with Crippen LogP contribution in [0, 0.1) is 5.92 Å². The van der Waals surface area contributed by atoms with E-state index in [9.17, 15) is 4.79 Å². The summed E-state index contributed by atoms with van der Waals surface area (Å²) >= 11 is 0. The van der Waals surface area contributed by atoms with Gasteiger partial charge in [-0.1, -0.05) is 0 Å². The highest BCUT2D eigenvalue weighted by atomic mass is 16.2. The smallest absolute Gasteiger partial charge is 0.253 e. The van der Waals surface area contributed by atoms with Gasteiger partial charge in [-0.15, -0.1) is 0 Å². The summed E-state index contributed by atoms with van der Waals surface area (Å²) in [5.41, 5.74) is 7.82. The largest absolute Gasteiger partial charge is 0.361 e. The van der Waals surface area contributed by atoms with Gasteiger partial charge in [0.2, 0.25) is 0 Å². The minimum Gasteiger partial charge on any atom is -0.361 e. The number of likely N-dealkylation sites (tertiary alicyclic amines) is 1. The lowest BCUT2D eigenvalue weighted by Gasteiger charge is -2.34. The zero-order valence-electron chi connectivity index (χ0n) is 11.8. The average molecular weight is 271 g/mol. The van der Waals surface area contributed by atoms with Crippen molar-refractivity contribution in [3.8, 4) is 0 Å². The van der Waals surface area contributed by atoms with Crippen LogP contribution in [0.4, 0.5) is 0 Å². The second-order valence-corrected chi connectivity index (χ2v) is 5.79. The minimum absolute atomic E-state index is 0.124. The molecule has 1 aliphatic heterocycles. The van der Waals surface area contributed by atoms with Crippen molar-refractivity contribution < 1.29 is 4.79 Å². The molecule has 1 amide bonds. The summed E-state index contributed by atoms with van der Waals surface area (Å²) in [6, 6.07) is 7.97. The Balaban J connectivity index is 1.80. The number of nitrogens with one attached hydrogen (secondary N) is 1. The predicted molar refractivity (Wildman–Crippen MR) is 80.6 cm³/mol. The molecule has 0 radical (unpaired) electrons. The number of nitrogens with zero attached hydrogens (tertiary/aromatic N) is 1. The molecule has 1 aromatic heterocycles. The van der Waals surface area contributed by atoms with Gasteiger partial charge in [0.15, 0.2) is 0 Å². The van der Waals surface area contributed by atoms with Crippen LogP contribution >= 0.6 is 0 Å². The summed E-state index contributed by atoms with van der Waals surface area (Å²) < 4.78 is 0. The molecule has 4 heteroatoms. The first-order chi connectivity index (χ1) is 9.65. The van der Waals surface area contributed by atoms with Gasteiger partial charge in [0.25, 0.3) is 5.91 Å². The van der Waals surface area contributed by atoms with E-state index in [4.69, 9.17) is 5.73 Å². The van der Waals surface area contributed by atoms with Crippen LogP contribution in [0.1, 0.15) is 30.1 Å². The first-order valence-electron chi connectivity index (χ1n) is 7.27. The Morgan fingerprint density at radius 1 is 1.45 bits per heavy atom. The van der Waals surface area contributed by atoms with Crippen molar-refractivity contribution in [1.29, 1.82) is 0 Å². The lowest BCUT2D eigenvalue weighted by atomic mass is 9.92. The monoisotopic (exact) mass is 271 g/mol. The number of nitrogens with two attached hydrogens (primary N) is 1. The van der Waals surface area contributed by atoms with Crippen LogP contribution in [0.3, 0.4) is 0 Å². The third-order valence-corrected chi connectivity index (χ3v) is 4.29. The summed E-state index contributed by atoms with van der Waals surface area (Å²) in [7, 11) is 0. The zero-order chi connectivity index (χ0) is 14.1. The van der Waals surface area contributed by atoms with E-state index >= 15 is 0 Å². The molecule has 1 aromatic carbocycles. The molecule has 106 valence electrons. The number of fused-ring (bicyclic) bond motifs is 1. The second kappa shape index (κ2) is 5.29. The number of aromatic nitrogens is 1. The van der Waals surface area contributed by atoms with Gasteiger partial charge in [-0.05, 0) is 49.9 Å². The summed E-state index contributed by atoms with van der Waals surface area (Å²) in [5, 5.41) is 1.08. The Labute approximate surface area is 118 Å². The van der Waals surface area contributed by atoms with Gasteiger partial charge >= 0.3 is 0 Å². The maximum Gasteiger partial charge on any atom is 0.253 e. The molecule has 2 unspecified atom stereocenters. The fourth-order valence-electron chi connectivity index (χ4n) is 2.99. The Hall–Kier alpha value is -1.81. The van der Waals surface area contributed by atoms with Gasteiger partial charge in [-0.3, -0.25) is 4.79 Å². The van der Waals surface area contributed by atoms with E-state index in [0.717, 1.165) is 42.4 Å². The Morgan fingerprint density at radius 2 is 2.30 bits per heavy atom. The number of H-pyrrole nitrogens is 1. The number of hydrogen-bond donors (Lipinski definition) is 2. The maximum atomic E-state index is 12.6. The summed E-state index contributed by atoms with van der Waals surface area (Å²) in [4.78, 5) is 17.7. The number of hydrogen-bond acceptors (Lipinski definition) is 2. The standard InChI is InChI=1S/C16H21N3O/c1-11(17)14-3-2-8-19(10-14)16(20)13-4-5-15-12(9-13)6-7-18-15/h4-7,9,11,14,18H,2-3,8,10,17H2,1H3. The maximum absolute atomic E-state index is 12.6. The zero-order valence-corrected chi connectivity index (χ0v) is 11.8. The van der Waals surface area contributed by atoms with Crippen molar-refractivity contribution in [1.82, 2.24) is 9.88 Å². The average Bonchev–Trinajstić information content (AvgIpc) is 2.94. The van der Waals surface area contributed by atoms with Gasteiger partial charge in [0.05, 0.1) is 0 Å². The molecule has 1 aliphatic rings. The molecule has 0 spiro atoms.